The minimum atomic E-state index is -0.305. The van der Waals surface area contributed by atoms with Crippen LogP contribution in [0.15, 0.2) is 46.9 Å². The van der Waals surface area contributed by atoms with E-state index in [0.29, 0.717) is 17.1 Å². The van der Waals surface area contributed by atoms with Gasteiger partial charge in [-0.1, -0.05) is 45.7 Å². The molecular weight excluding hydrogens is 378 g/mol. The molecule has 2 aromatic rings. The fourth-order valence-electron chi connectivity index (χ4n) is 2.58. The van der Waals surface area contributed by atoms with Crippen LogP contribution in [0, 0.1) is 6.92 Å². The van der Waals surface area contributed by atoms with Crippen LogP contribution in [0.25, 0.3) is 0 Å². The van der Waals surface area contributed by atoms with Crippen LogP contribution in [0.1, 0.15) is 23.6 Å². The fourth-order valence-corrected chi connectivity index (χ4v) is 3.13. The Morgan fingerprint density at radius 2 is 1.96 bits per heavy atom. The molecule has 6 heteroatoms. The van der Waals surface area contributed by atoms with Crippen LogP contribution in [-0.4, -0.2) is 11.9 Å². The maximum absolute atomic E-state index is 12.4. The van der Waals surface area contributed by atoms with Crippen LogP contribution in [0.5, 0.6) is 0 Å². The van der Waals surface area contributed by atoms with Crippen LogP contribution in [0.2, 0.25) is 5.02 Å². The van der Waals surface area contributed by atoms with Crippen molar-refractivity contribution in [2.45, 2.75) is 25.4 Å². The molecule has 2 atom stereocenters. The molecule has 4 nitrogen and oxygen atoms in total. The molecule has 0 aliphatic carbocycles. The van der Waals surface area contributed by atoms with Crippen molar-refractivity contribution in [2.75, 3.05) is 5.32 Å². The number of rotatable bonds is 3. The van der Waals surface area contributed by atoms with Crippen LogP contribution < -0.4 is 16.2 Å². The number of anilines is 1. The monoisotopic (exact) mass is 393 g/mol. The maximum atomic E-state index is 12.4. The molecule has 1 fully saturated rings. The largest absolute Gasteiger partial charge is 0.323 e. The molecule has 0 bridgehead atoms. The van der Waals surface area contributed by atoms with Crippen LogP contribution in [0.4, 0.5) is 5.69 Å². The fraction of sp³-hybridized carbons (Fsp3) is 0.235. The van der Waals surface area contributed by atoms with Gasteiger partial charge in [0.1, 0.15) is 6.04 Å². The molecule has 1 saturated heterocycles. The van der Waals surface area contributed by atoms with Gasteiger partial charge in [-0.3, -0.25) is 4.79 Å². The number of hydrogen-bond donors (Lipinski definition) is 3. The lowest BCUT2D eigenvalue weighted by molar-refractivity contribution is -0.117. The molecule has 1 aliphatic rings. The lowest BCUT2D eigenvalue weighted by Gasteiger charge is -2.12. The highest BCUT2D eigenvalue weighted by Gasteiger charge is 2.30. The zero-order valence-electron chi connectivity index (χ0n) is 12.6. The number of hydrazine groups is 1. The number of carbonyl (C=O) groups excluding carboxylic acids is 1. The summed E-state index contributed by atoms with van der Waals surface area (Å²) in [6.45, 7) is 1.96. The summed E-state index contributed by atoms with van der Waals surface area (Å²) in [5, 5.41) is 3.43. The van der Waals surface area contributed by atoms with Gasteiger partial charge in [0.2, 0.25) is 5.91 Å². The van der Waals surface area contributed by atoms with E-state index in [1.165, 1.54) is 0 Å². The van der Waals surface area contributed by atoms with Gasteiger partial charge in [0, 0.05) is 10.5 Å². The molecule has 1 aliphatic heterocycles. The number of carbonyl (C=O) groups is 1. The lowest BCUT2D eigenvalue weighted by atomic mass is 10.0. The molecule has 3 N–H and O–H groups in total. The van der Waals surface area contributed by atoms with Gasteiger partial charge in [-0.05, 0) is 48.7 Å². The summed E-state index contributed by atoms with van der Waals surface area (Å²) < 4.78 is 1.04. The summed E-state index contributed by atoms with van der Waals surface area (Å²) in [4.78, 5) is 12.4. The van der Waals surface area contributed by atoms with Crippen LogP contribution in [0.3, 0.4) is 0 Å². The minimum Gasteiger partial charge on any atom is -0.323 e. The Kier molecular flexibility index (Phi) is 5.02. The first-order chi connectivity index (χ1) is 11.0. The summed E-state index contributed by atoms with van der Waals surface area (Å²) in [7, 11) is 0. The highest BCUT2D eigenvalue weighted by atomic mass is 79.9. The highest BCUT2D eigenvalue weighted by molar-refractivity contribution is 9.10. The Bertz CT molecular complexity index is 720. The minimum absolute atomic E-state index is 0.0946. The smallest absolute Gasteiger partial charge is 0.242 e. The Morgan fingerprint density at radius 3 is 2.65 bits per heavy atom. The van der Waals surface area contributed by atoms with E-state index in [2.05, 4.69) is 32.1 Å². The second kappa shape index (κ2) is 7.01. The molecular formula is C17H17BrClN3O. The van der Waals surface area contributed by atoms with E-state index >= 15 is 0 Å². The number of hydrogen-bond acceptors (Lipinski definition) is 3. The molecule has 120 valence electrons. The summed E-state index contributed by atoms with van der Waals surface area (Å²) in [6.07, 6.45) is 0.678. The van der Waals surface area contributed by atoms with E-state index in [4.69, 9.17) is 11.6 Å². The molecule has 1 heterocycles. The predicted molar refractivity (Wildman–Crippen MR) is 96.4 cm³/mol. The van der Waals surface area contributed by atoms with Gasteiger partial charge in [0.25, 0.3) is 0 Å². The quantitative estimate of drug-likeness (QED) is 0.738. The van der Waals surface area contributed by atoms with Crippen molar-refractivity contribution >= 4 is 39.1 Å². The van der Waals surface area contributed by atoms with Crippen molar-refractivity contribution in [1.82, 2.24) is 10.9 Å². The first-order valence-electron chi connectivity index (χ1n) is 7.36. The Hall–Kier alpha value is -1.40. The van der Waals surface area contributed by atoms with Crippen molar-refractivity contribution in [2.24, 2.45) is 0 Å². The number of aryl methyl sites for hydroxylation is 1. The van der Waals surface area contributed by atoms with E-state index < -0.39 is 0 Å². The number of benzene rings is 2. The molecule has 2 unspecified atom stereocenters. The lowest BCUT2D eigenvalue weighted by Crippen LogP contribution is -2.39. The molecule has 0 saturated carbocycles. The normalized spacial score (nSPS) is 20.5. The zero-order chi connectivity index (χ0) is 16.4. The average molecular weight is 395 g/mol. The predicted octanol–water partition coefficient (Wildman–Crippen LogP) is 3.96. The molecule has 2 aromatic carbocycles. The van der Waals surface area contributed by atoms with E-state index in [1.54, 1.807) is 0 Å². The van der Waals surface area contributed by atoms with Gasteiger partial charge in [0.15, 0.2) is 0 Å². The van der Waals surface area contributed by atoms with Crippen molar-refractivity contribution in [3.63, 3.8) is 0 Å². The van der Waals surface area contributed by atoms with Gasteiger partial charge in [-0.15, -0.1) is 0 Å². The van der Waals surface area contributed by atoms with Crippen LogP contribution in [-0.2, 0) is 4.79 Å². The standard InChI is InChI=1S/C17H17BrClN3O/c1-10-2-7-14(13(19)8-10)20-17(23)16-9-15(21-22-16)11-3-5-12(18)6-4-11/h2-8,15-16,21-22H,9H2,1H3,(H,20,23). The molecule has 0 spiro atoms. The third kappa shape index (κ3) is 3.93. The van der Waals surface area contributed by atoms with Gasteiger partial charge < -0.3 is 5.32 Å². The Morgan fingerprint density at radius 1 is 1.22 bits per heavy atom. The molecule has 0 radical (unpaired) electrons. The van der Waals surface area contributed by atoms with Gasteiger partial charge in [-0.25, -0.2) is 10.9 Å². The SMILES string of the molecule is Cc1ccc(NC(=O)C2CC(c3ccc(Br)cc3)NN2)c(Cl)c1. The number of amides is 1. The molecule has 1 amide bonds. The van der Waals surface area contributed by atoms with E-state index in [0.717, 1.165) is 15.6 Å². The van der Waals surface area contributed by atoms with E-state index in [1.807, 2.05) is 49.4 Å². The Labute approximate surface area is 148 Å². The number of nitrogens with one attached hydrogen (secondary N) is 3. The van der Waals surface area contributed by atoms with Crippen molar-refractivity contribution in [3.8, 4) is 0 Å². The zero-order valence-corrected chi connectivity index (χ0v) is 14.9. The second-order valence-corrected chi connectivity index (χ2v) is 6.98. The van der Waals surface area contributed by atoms with E-state index in [9.17, 15) is 4.79 Å². The van der Waals surface area contributed by atoms with E-state index in [-0.39, 0.29) is 18.0 Å². The second-order valence-electron chi connectivity index (χ2n) is 5.65. The summed E-state index contributed by atoms with van der Waals surface area (Å²) >= 11 is 9.59. The van der Waals surface area contributed by atoms with Crippen molar-refractivity contribution in [3.05, 3.63) is 63.1 Å². The maximum Gasteiger partial charge on any atom is 0.242 e. The highest BCUT2D eigenvalue weighted by Crippen LogP contribution is 2.26. The molecule has 23 heavy (non-hydrogen) atoms. The number of halogens is 2. The van der Waals surface area contributed by atoms with Gasteiger partial charge in [0.05, 0.1) is 10.7 Å². The molecule has 3 rings (SSSR count). The summed E-state index contributed by atoms with van der Waals surface area (Å²) in [5.74, 6) is -0.0946. The Balaban J connectivity index is 1.64. The first-order valence-corrected chi connectivity index (χ1v) is 8.53. The van der Waals surface area contributed by atoms with Crippen molar-refractivity contribution < 1.29 is 4.79 Å². The van der Waals surface area contributed by atoms with Gasteiger partial charge in [-0.2, -0.15) is 0 Å². The summed E-state index contributed by atoms with van der Waals surface area (Å²) in [6, 6.07) is 13.5. The first kappa shape index (κ1) is 16.5. The molecule has 0 aromatic heterocycles. The van der Waals surface area contributed by atoms with Crippen molar-refractivity contribution in [1.29, 1.82) is 0 Å². The third-order valence-electron chi connectivity index (χ3n) is 3.87. The average Bonchev–Trinajstić information content (AvgIpc) is 3.01. The topological polar surface area (TPSA) is 53.2 Å². The van der Waals surface area contributed by atoms with Crippen LogP contribution >= 0.6 is 27.5 Å². The summed E-state index contributed by atoms with van der Waals surface area (Å²) in [5.41, 5.74) is 9.07. The third-order valence-corrected chi connectivity index (χ3v) is 4.72. The van der Waals surface area contributed by atoms with Gasteiger partial charge >= 0.3 is 0 Å².